The molecule has 5 nitrogen and oxygen atoms in total. The number of rotatable bonds is 1. The number of aromatic amines is 1. The molecule has 2 heterocycles. The molecule has 1 aromatic heterocycles. The number of carbonyl (C=O) groups excluding carboxylic acids is 1. The van der Waals surface area contributed by atoms with Crippen LogP contribution in [0.5, 0.6) is 0 Å². The molecule has 1 N–H and O–H groups in total. The van der Waals surface area contributed by atoms with Crippen LogP contribution in [-0.2, 0) is 4.74 Å². The van der Waals surface area contributed by atoms with Gasteiger partial charge in [-0.15, -0.1) is 0 Å². The minimum Gasteiger partial charge on any atom is -0.376 e. The van der Waals surface area contributed by atoms with E-state index in [4.69, 9.17) is 10.00 Å². The van der Waals surface area contributed by atoms with E-state index in [1.54, 1.807) is 11.0 Å². The summed E-state index contributed by atoms with van der Waals surface area (Å²) in [6, 6.07) is 9.12. The molecule has 0 bridgehead atoms. The number of nitrogens with zero attached hydrogens (tertiary/aromatic N) is 2. The van der Waals surface area contributed by atoms with E-state index in [-0.39, 0.29) is 12.5 Å². The molecule has 1 aromatic carbocycles. The van der Waals surface area contributed by atoms with Crippen LogP contribution in [0.2, 0.25) is 0 Å². The van der Waals surface area contributed by atoms with Crippen LogP contribution in [0.4, 0.5) is 0 Å². The number of hydrogen-bond acceptors (Lipinski definition) is 3. The summed E-state index contributed by atoms with van der Waals surface area (Å²) in [5, 5.41) is 10.1. The Hall–Kier alpha value is -2.32. The van der Waals surface area contributed by atoms with Crippen molar-refractivity contribution < 1.29 is 9.53 Å². The SMILES string of the molecule is N#CC1COCCN1C(=O)c1cccc2cc[nH]c12. The standard InChI is InChI=1S/C14H13N3O2/c15-8-11-9-19-7-6-17(11)14(18)12-3-1-2-10-4-5-16-13(10)12/h1-5,11,16H,6-7,9H2. The summed E-state index contributed by atoms with van der Waals surface area (Å²) in [5.41, 5.74) is 1.42. The van der Waals surface area contributed by atoms with Crippen molar-refractivity contribution in [3.63, 3.8) is 0 Å². The van der Waals surface area contributed by atoms with Gasteiger partial charge in [0.25, 0.3) is 5.91 Å². The fourth-order valence-electron chi connectivity index (χ4n) is 2.37. The first-order valence-corrected chi connectivity index (χ1v) is 6.15. The van der Waals surface area contributed by atoms with E-state index in [9.17, 15) is 4.79 Å². The zero-order valence-electron chi connectivity index (χ0n) is 10.3. The van der Waals surface area contributed by atoms with E-state index < -0.39 is 6.04 Å². The number of carbonyl (C=O) groups is 1. The molecule has 1 atom stereocenters. The second-order valence-electron chi connectivity index (χ2n) is 4.47. The lowest BCUT2D eigenvalue weighted by Gasteiger charge is -2.31. The lowest BCUT2D eigenvalue weighted by atomic mass is 10.1. The predicted octanol–water partition coefficient (Wildman–Crippen LogP) is 1.53. The summed E-state index contributed by atoms with van der Waals surface area (Å²) in [6.45, 7) is 1.21. The third-order valence-electron chi connectivity index (χ3n) is 3.36. The van der Waals surface area contributed by atoms with Crippen molar-refractivity contribution >= 4 is 16.8 Å². The number of amides is 1. The highest BCUT2D eigenvalue weighted by molar-refractivity contribution is 6.05. The summed E-state index contributed by atoms with van der Waals surface area (Å²) in [5.74, 6) is -0.122. The molecule has 19 heavy (non-hydrogen) atoms. The smallest absolute Gasteiger partial charge is 0.257 e. The van der Waals surface area contributed by atoms with Crippen LogP contribution in [0.3, 0.4) is 0 Å². The molecule has 1 aliphatic heterocycles. The Bertz CT molecular complexity index is 656. The van der Waals surface area contributed by atoms with Crippen LogP contribution in [0, 0.1) is 11.3 Å². The Labute approximate surface area is 110 Å². The monoisotopic (exact) mass is 255 g/mol. The number of benzene rings is 1. The fourth-order valence-corrected chi connectivity index (χ4v) is 2.37. The minimum atomic E-state index is -0.508. The Morgan fingerprint density at radius 2 is 2.37 bits per heavy atom. The largest absolute Gasteiger partial charge is 0.376 e. The minimum absolute atomic E-state index is 0.122. The first kappa shape index (κ1) is 11.8. The number of nitrogens with one attached hydrogen (secondary N) is 1. The number of H-pyrrole nitrogens is 1. The van der Waals surface area contributed by atoms with Gasteiger partial charge in [0.05, 0.1) is 30.4 Å². The molecule has 1 aliphatic rings. The second-order valence-corrected chi connectivity index (χ2v) is 4.47. The zero-order valence-corrected chi connectivity index (χ0v) is 10.3. The van der Waals surface area contributed by atoms with Crippen molar-refractivity contribution in [3.05, 3.63) is 36.0 Å². The van der Waals surface area contributed by atoms with Gasteiger partial charge >= 0.3 is 0 Å². The van der Waals surface area contributed by atoms with E-state index in [0.29, 0.717) is 18.7 Å². The molecule has 0 saturated carbocycles. The van der Waals surface area contributed by atoms with Crippen LogP contribution in [0.25, 0.3) is 10.9 Å². The van der Waals surface area contributed by atoms with Gasteiger partial charge in [0.2, 0.25) is 0 Å². The van der Waals surface area contributed by atoms with E-state index in [0.717, 1.165) is 10.9 Å². The predicted molar refractivity (Wildman–Crippen MR) is 69.6 cm³/mol. The molecular weight excluding hydrogens is 242 g/mol. The van der Waals surface area contributed by atoms with Crippen LogP contribution in [-0.4, -0.2) is 41.6 Å². The molecule has 1 saturated heterocycles. The lowest BCUT2D eigenvalue weighted by molar-refractivity contribution is 0.0133. The Morgan fingerprint density at radius 1 is 1.47 bits per heavy atom. The van der Waals surface area contributed by atoms with Gasteiger partial charge in [0.1, 0.15) is 6.04 Å². The number of para-hydroxylation sites is 1. The molecule has 0 aliphatic carbocycles. The zero-order chi connectivity index (χ0) is 13.2. The molecule has 1 unspecified atom stereocenters. The molecule has 0 spiro atoms. The molecule has 3 rings (SSSR count). The third-order valence-corrected chi connectivity index (χ3v) is 3.36. The van der Waals surface area contributed by atoms with E-state index >= 15 is 0 Å². The van der Waals surface area contributed by atoms with Gasteiger partial charge in [-0.1, -0.05) is 12.1 Å². The maximum absolute atomic E-state index is 12.6. The average molecular weight is 255 g/mol. The molecule has 1 amide bonds. The van der Waals surface area contributed by atoms with Crippen LogP contribution in [0.1, 0.15) is 10.4 Å². The molecule has 96 valence electrons. The first-order valence-electron chi connectivity index (χ1n) is 6.15. The average Bonchev–Trinajstić information content (AvgIpc) is 2.94. The van der Waals surface area contributed by atoms with Gasteiger partial charge in [-0.05, 0) is 12.1 Å². The fraction of sp³-hybridized carbons (Fsp3) is 0.286. The highest BCUT2D eigenvalue weighted by Crippen LogP contribution is 2.20. The topological polar surface area (TPSA) is 69.1 Å². The van der Waals surface area contributed by atoms with Crippen molar-refractivity contribution in [2.75, 3.05) is 19.8 Å². The van der Waals surface area contributed by atoms with Gasteiger partial charge < -0.3 is 14.6 Å². The van der Waals surface area contributed by atoms with Crippen LogP contribution < -0.4 is 0 Å². The summed E-state index contributed by atoms with van der Waals surface area (Å²) < 4.78 is 5.24. The maximum Gasteiger partial charge on any atom is 0.257 e. The first-order chi connectivity index (χ1) is 9.31. The van der Waals surface area contributed by atoms with Crippen molar-refractivity contribution in [3.8, 4) is 6.07 Å². The quantitative estimate of drug-likeness (QED) is 0.840. The molecule has 1 fully saturated rings. The summed E-state index contributed by atoms with van der Waals surface area (Å²) in [6.07, 6.45) is 1.81. The number of hydrogen-bond donors (Lipinski definition) is 1. The Morgan fingerprint density at radius 3 is 3.21 bits per heavy atom. The van der Waals surface area contributed by atoms with Gasteiger partial charge in [-0.3, -0.25) is 4.79 Å². The van der Waals surface area contributed by atoms with Crippen LogP contribution in [0.15, 0.2) is 30.5 Å². The maximum atomic E-state index is 12.6. The number of fused-ring (bicyclic) bond motifs is 1. The lowest BCUT2D eigenvalue weighted by Crippen LogP contribution is -2.48. The number of morpholine rings is 1. The highest BCUT2D eigenvalue weighted by Gasteiger charge is 2.28. The Kier molecular flexibility index (Phi) is 2.94. The van der Waals surface area contributed by atoms with Crippen molar-refractivity contribution in [1.29, 1.82) is 5.26 Å². The van der Waals surface area contributed by atoms with Crippen molar-refractivity contribution in [2.45, 2.75) is 6.04 Å². The molecule has 0 radical (unpaired) electrons. The Balaban J connectivity index is 1.99. The van der Waals surface area contributed by atoms with Gasteiger partial charge in [-0.25, -0.2) is 0 Å². The van der Waals surface area contributed by atoms with Gasteiger partial charge in [0, 0.05) is 18.1 Å². The summed E-state index contributed by atoms with van der Waals surface area (Å²) >= 11 is 0. The van der Waals surface area contributed by atoms with Crippen molar-refractivity contribution in [2.24, 2.45) is 0 Å². The number of ether oxygens (including phenoxy) is 1. The summed E-state index contributed by atoms with van der Waals surface area (Å²) in [4.78, 5) is 17.2. The van der Waals surface area contributed by atoms with E-state index in [2.05, 4.69) is 11.1 Å². The van der Waals surface area contributed by atoms with Gasteiger partial charge in [-0.2, -0.15) is 5.26 Å². The van der Waals surface area contributed by atoms with Crippen LogP contribution >= 0.6 is 0 Å². The number of aromatic nitrogens is 1. The third kappa shape index (κ3) is 1.96. The normalized spacial score (nSPS) is 19.3. The molecular formula is C14H13N3O2. The highest BCUT2D eigenvalue weighted by atomic mass is 16.5. The number of nitriles is 1. The van der Waals surface area contributed by atoms with Gasteiger partial charge in [0.15, 0.2) is 0 Å². The molecule has 2 aromatic rings. The van der Waals surface area contributed by atoms with E-state index in [1.165, 1.54) is 0 Å². The summed E-state index contributed by atoms with van der Waals surface area (Å²) in [7, 11) is 0. The van der Waals surface area contributed by atoms with E-state index in [1.807, 2.05) is 24.4 Å². The molecule has 5 heteroatoms. The van der Waals surface area contributed by atoms with Crippen molar-refractivity contribution in [1.82, 2.24) is 9.88 Å². The second kappa shape index (κ2) is 4.75.